The maximum atomic E-state index is 11.6. The summed E-state index contributed by atoms with van der Waals surface area (Å²) in [5, 5.41) is 2.85. The molecular formula is C13H20N2O3. The standard InChI is InChI=1S/C13H20N2O3/c16-12(10-15-8-9-18-13(15)17)14-7-6-11-4-2-1-3-5-11/h4H,1-3,5-10H2,(H,14,16). The van der Waals surface area contributed by atoms with E-state index in [2.05, 4.69) is 11.4 Å². The molecule has 0 saturated carbocycles. The van der Waals surface area contributed by atoms with E-state index in [1.165, 1.54) is 29.7 Å². The Bertz CT molecular complexity index is 352. The second kappa shape index (κ2) is 6.42. The highest BCUT2D eigenvalue weighted by Crippen LogP contribution is 2.19. The molecule has 100 valence electrons. The van der Waals surface area contributed by atoms with Crippen LogP contribution in [0.1, 0.15) is 32.1 Å². The minimum atomic E-state index is -0.389. The Morgan fingerprint density at radius 2 is 2.33 bits per heavy atom. The molecule has 0 bridgehead atoms. The van der Waals surface area contributed by atoms with Gasteiger partial charge in [0.15, 0.2) is 0 Å². The molecule has 0 spiro atoms. The Kier molecular flexibility index (Phi) is 4.61. The summed E-state index contributed by atoms with van der Waals surface area (Å²) < 4.78 is 4.76. The summed E-state index contributed by atoms with van der Waals surface area (Å²) in [7, 11) is 0. The van der Waals surface area contributed by atoms with Crippen LogP contribution in [0, 0.1) is 0 Å². The fourth-order valence-electron chi connectivity index (χ4n) is 2.29. The molecule has 1 N–H and O–H groups in total. The smallest absolute Gasteiger partial charge is 0.410 e. The zero-order valence-electron chi connectivity index (χ0n) is 10.6. The van der Waals surface area contributed by atoms with Crippen molar-refractivity contribution in [1.82, 2.24) is 10.2 Å². The Labute approximate surface area is 107 Å². The van der Waals surface area contributed by atoms with Crippen molar-refractivity contribution in [1.29, 1.82) is 0 Å². The van der Waals surface area contributed by atoms with Crippen LogP contribution in [0.5, 0.6) is 0 Å². The highest BCUT2D eigenvalue weighted by atomic mass is 16.6. The molecule has 1 fully saturated rings. The van der Waals surface area contributed by atoms with Crippen molar-refractivity contribution in [3.05, 3.63) is 11.6 Å². The van der Waals surface area contributed by atoms with Gasteiger partial charge in [0.25, 0.3) is 0 Å². The topological polar surface area (TPSA) is 58.6 Å². The van der Waals surface area contributed by atoms with Crippen LogP contribution in [0.2, 0.25) is 0 Å². The van der Waals surface area contributed by atoms with Gasteiger partial charge in [-0.3, -0.25) is 9.69 Å². The molecule has 1 aliphatic carbocycles. The van der Waals surface area contributed by atoms with Crippen LogP contribution in [0.15, 0.2) is 11.6 Å². The van der Waals surface area contributed by atoms with Gasteiger partial charge >= 0.3 is 6.09 Å². The van der Waals surface area contributed by atoms with E-state index in [-0.39, 0.29) is 18.5 Å². The van der Waals surface area contributed by atoms with E-state index in [0.717, 1.165) is 12.8 Å². The zero-order valence-corrected chi connectivity index (χ0v) is 10.6. The van der Waals surface area contributed by atoms with Crippen LogP contribution in [0.25, 0.3) is 0 Å². The van der Waals surface area contributed by atoms with Crippen molar-refractivity contribution in [2.75, 3.05) is 26.2 Å². The molecule has 0 aromatic carbocycles. The van der Waals surface area contributed by atoms with Gasteiger partial charge in [0.2, 0.25) is 5.91 Å². The first-order valence-electron chi connectivity index (χ1n) is 6.62. The third-order valence-corrected chi connectivity index (χ3v) is 3.33. The van der Waals surface area contributed by atoms with Gasteiger partial charge in [0.05, 0.1) is 6.54 Å². The van der Waals surface area contributed by atoms with Crippen molar-refractivity contribution in [2.24, 2.45) is 0 Å². The molecule has 5 heteroatoms. The molecule has 0 unspecified atom stereocenters. The lowest BCUT2D eigenvalue weighted by molar-refractivity contribution is -0.121. The number of carbonyl (C=O) groups is 2. The number of hydrogen-bond acceptors (Lipinski definition) is 3. The third-order valence-electron chi connectivity index (χ3n) is 3.33. The normalized spacial score (nSPS) is 19.4. The number of carbonyl (C=O) groups excluding carboxylic acids is 2. The zero-order chi connectivity index (χ0) is 12.8. The van der Waals surface area contributed by atoms with Crippen molar-refractivity contribution in [3.63, 3.8) is 0 Å². The van der Waals surface area contributed by atoms with Crippen molar-refractivity contribution >= 4 is 12.0 Å². The molecule has 0 aromatic rings. The maximum absolute atomic E-state index is 11.6. The van der Waals surface area contributed by atoms with Gasteiger partial charge < -0.3 is 10.1 Å². The monoisotopic (exact) mass is 252 g/mol. The molecule has 1 saturated heterocycles. The number of cyclic esters (lactones) is 1. The third kappa shape index (κ3) is 3.75. The Morgan fingerprint density at radius 3 is 3.00 bits per heavy atom. The van der Waals surface area contributed by atoms with Gasteiger partial charge in [-0.2, -0.15) is 0 Å². The lowest BCUT2D eigenvalue weighted by atomic mass is 9.97. The van der Waals surface area contributed by atoms with E-state index < -0.39 is 0 Å². The molecule has 0 radical (unpaired) electrons. The Morgan fingerprint density at radius 1 is 1.44 bits per heavy atom. The molecule has 5 nitrogen and oxygen atoms in total. The summed E-state index contributed by atoms with van der Waals surface area (Å²) in [5.74, 6) is -0.106. The number of amides is 2. The van der Waals surface area contributed by atoms with Gasteiger partial charge in [-0.1, -0.05) is 11.6 Å². The molecule has 1 heterocycles. The highest BCUT2D eigenvalue weighted by Gasteiger charge is 2.23. The first-order chi connectivity index (χ1) is 8.75. The Balaban J connectivity index is 1.62. The molecule has 1 aliphatic heterocycles. The second-order valence-electron chi connectivity index (χ2n) is 4.74. The lowest BCUT2D eigenvalue weighted by Gasteiger charge is -2.14. The van der Waals surface area contributed by atoms with Gasteiger partial charge in [-0.05, 0) is 32.1 Å². The van der Waals surface area contributed by atoms with Crippen molar-refractivity contribution in [3.8, 4) is 0 Å². The molecule has 2 rings (SSSR count). The van der Waals surface area contributed by atoms with Gasteiger partial charge in [-0.15, -0.1) is 0 Å². The summed E-state index contributed by atoms with van der Waals surface area (Å²) in [6, 6.07) is 0. The molecular weight excluding hydrogens is 232 g/mol. The SMILES string of the molecule is O=C(CN1CCOC1=O)NCCC1=CCCCC1. The lowest BCUT2D eigenvalue weighted by Crippen LogP contribution is -2.38. The summed E-state index contributed by atoms with van der Waals surface area (Å²) >= 11 is 0. The number of rotatable bonds is 5. The van der Waals surface area contributed by atoms with E-state index in [4.69, 9.17) is 4.74 Å². The van der Waals surface area contributed by atoms with Crippen LogP contribution in [-0.4, -0.2) is 43.1 Å². The van der Waals surface area contributed by atoms with Gasteiger partial charge in [0, 0.05) is 6.54 Å². The highest BCUT2D eigenvalue weighted by molar-refractivity contribution is 5.82. The number of allylic oxidation sites excluding steroid dienone is 1. The van der Waals surface area contributed by atoms with E-state index >= 15 is 0 Å². The fraction of sp³-hybridized carbons (Fsp3) is 0.692. The average molecular weight is 252 g/mol. The predicted molar refractivity (Wildman–Crippen MR) is 67.1 cm³/mol. The first kappa shape index (κ1) is 12.9. The van der Waals surface area contributed by atoms with E-state index in [9.17, 15) is 9.59 Å². The molecule has 2 aliphatic rings. The van der Waals surface area contributed by atoms with Crippen LogP contribution in [0.4, 0.5) is 4.79 Å². The van der Waals surface area contributed by atoms with Gasteiger partial charge in [-0.25, -0.2) is 4.79 Å². The summed E-state index contributed by atoms with van der Waals surface area (Å²) in [5.41, 5.74) is 1.45. The average Bonchev–Trinajstić information content (AvgIpc) is 2.76. The molecule has 2 amide bonds. The molecule has 0 aromatic heterocycles. The summed E-state index contributed by atoms with van der Waals surface area (Å²) in [4.78, 5) is 24.2. The molecule has 0 atom stereocenters. The Hall–Kier alpha value is -1.52. The summed E-state index contributed by atoms with van der Waals surface area (Å²) in [6.07, 6.45) is 7.70. The number of ether oxygens (including phenoxy) is 1. The molecule has 18 heavy (non-hydrogen) atoms. The van der Waals surface area contributed by atoms with Crippen molar-refractivity contribution in [2.45, 2.75) is 32.1 Å². The largest absolute Gasteiger partial charge is 0.448 e. The minimum Gasteiger partial charge on any atom is -0.448 e. The van der Waals surface area contributed by atoms with Crippen LogP contribution in [-0.2, 0) is 9.53 Å². The first-order valence-corrected chi connectivity index (χ1v) is 6.62. The van der Waals surface area contributed by atoms with Crippen LogP contribution < -0.4 is 5.32 Å². The number of hydrogen-bond donors (Lipinski definition) is 1. The quantitative estimate of drug-likeness (QED) is 0.753. The summed E-state index contributed by atoms with van der Waals surface area (Å²) in [6.45, 7) is 1.67. The minimum absolute atomic E-state index is 0.106. The number of nitrogens with one attached hydrogen (secondary N) is 1. The number of nitrogens with zero attached hydrogens (tertiary/aromatic N) is 1. The fourth-order valence-corrected chi connectivity index (χ4v) is 2.29. The second-order valence-corrected chi connectivity index (χ2v) is 4.74. The van der Waals surface area contributed by atoms with Crippen LogP contribution in [0.3, 0.4) is 0 Å². The van der Waals surface area contributed by atoms with Gasteiger partial charge in [0.1, 0.15) is 13.2 Å². The maximum Gasteiger partial charge on any atom is 0.410 e. The van der Waals surface area contributed by atoms with Crippen molar-refractivity contribution < 1.29 is 14.3 Å². The van der Waals surface area contributed by atoms with E-state index in [0.29, 0.717) is 19.7 Å². The van der Waals surface area contributed by atoms with Crippen LogP contribution >= 0.6 is 0 Å². The van der Waals surface area contributed by atoms with E-state index in [1.54, 1.807) is 0 Å². The predicted octanol–water partition coefficient (Wildman–Crippen LogP) is 1.45. The van der Waals surface area contributed by atoms with E-state index in [1.807, 2.05) is 0 Å².